The highest BCUT2D eigenvalue weighted by molar-refractivity contribution is 7.85. The van der Waals surface area contributed by atoms with Crippen molar-refractivity contribution in [1.82, 2.24) is 0 Å². The van der Waals surface area contributed by atoms with E-state index in [9.17, 15) is 8.42 Å². The van der Waals surface area contributed by atoms with Gasteiger partial charge in [0.2, 0.25) is 0 Å². The molecular weight excluding hydrogens is 226 g/mol. The van der Waals surface area contributed by atoms with Crippen LogP contribution < -0.4 is 5.73 Å². The van der Waals surface area contributed by atoms with Crippen molar-refractivity contribution in [2.45, 2.75) is 24.8 Å². The molecule has 1 aromatic rings. The SMILES string of the molecule is CC#CC(N)c1cc(S(=O)(=O)O)ccc1C. The minimum absolute atomic E-state index is 0.165. The molecular formula is C11H13NO3S. The van der Waals surface area contributed by atoms with E-state index < -0.39 is 16.2 Å². The van der Waals surface area contributed by atoms with Gasteiger partial charge in [-0.15, -0.1) is 5.92 Å². The first kappa shape index (κ1) is 12.7. The zero-order valence-corrected chi connectivity index (χ0v) is 9.88. The van der Waals surface area contributed by atoms with E-state index in [1.54, 1.807) is 19.9 Å². The highest BCUT2D eigenvalue weighted by Gasteiger charge is 2.13. The summed E-state index contributed by atoms with van der Waals surface area (Å²) in [5, 5.41) is 0. The zero-order valence-electron chi connectivity index (χ0n) is 9.06. The monoisotopic (exact) mass is 239 g/mol. The normalized spacial score (nSPS) is 12.8. The fourth-order valence-electron chi connectivity index (χ4n) is 1.35. The summed E-state index contributed by atoms with van der Waals surface area (Å²) in [5.41, 5.74) is 7.21. The highest BCUT2D eigenvalue weighted by atomic mass is 32.2. The molecule has 1 atom stereocenters. The van der Waals surface area contributed by atoms with Crippen LogP contribution in [0.2, 0.25) is 0 Å². The van der Waals surface area contributed by atoms with Crippen LogP contribution in [0.1, 0.15) is 24.1 Å². The fraction of sp³-hybridized carbons (Fsp3) is 0.273. The van der Waals surface area contributed by atoms with E-state index in [4.69, 9.17) is 10.3 Å². The van der Waals surface area contributed by atoms with Gasteiger partial charge in [0.1, 0.15) is 0 Å². The van der Waals surface area contributed by atoms with Gasteiger partial charge in [-0.25, -0.2) is 0 Å². The first-order valence-corrected chi connectivity index (χ1v) is 6.06. The van der Waals surface area contributed by atoms with Gasteiger partial charge >= 0.3 is 0 Å². The van der Waals surface area contributed by atoms with Crippen LogP contribution in [-0.4, -0.2) is 13.0 Å². The topological polar surface area (TPSA) is 80.4 Å². The Balaban J connectivity index is 3.33. The van der Waals surface area contributed by atoms with Gasteiger partial charge in [0.15, 0.2) is 0 Å². The maximum Gasteiger partial charge on any atom is 0.294 e. The average Bonchev–Trinajstić information content (AvgIpc) is 2.16. The lowest BCUT2D eigenvalue weighted by Gasteiger charge is -2.10. The lowest BCUT2D eigenvalue weighted by atomic mass is 10.0. The molecule has 0 aromatic heterocycles. The molecule has 0 aliphatic rings. The third-order valence-corrected chi connectivity index (χ3v) is 3.03. The Kier molecular flexibility index (Phi) is 3.70. The van der Waals surface area contributed by atoms with Crippen LogP contribution in [0.3, 0.4) is 0 Å². The predicted molar refractivity (Wildman–Crippen MR) is 61.4 cm³/mol. The van der Waals surface area contributed by atoms with Gasteiger partial charge in [-0.1, -0.05) is 12.0 Å². The molecule has 5 heteroatoms. The molecule has 1 aromatic carbocycles. The van der Waals surface area contributed by atoms with Gasteiger partial charge in [0.25, 0.3) is 10.1 Å². The molecule has 0 radical (unpaired) electrons. The number of rotatable bonds is 2. The Morgan fingerprint density at radius 1 is 1.44 bits per heavy atom. The van der Waals surface area contributed by atoms with E-state index in [2.05, 4.69) is 11.8 Å². The Morgan fingerprint density at radius 3 is 2.56 bits per heavy atom. The summed E-state index contributed by atoms with van der Waals surface area (Å²) >= 11 is 0. The molecule has 0 heterocycles. The van der Waals surface area contributed by atoms with E-state index in [-0.39, 0.29) is 4.90 Å². The number of nitrogens with two attached hydrogens (primary N) is 1. The van der Waals surface area contributed by atoms with Gasteiger partial charge in [0, 0.05) is 0 Å². The van der Waals surface area contributed by atoms with Crippen molar-refractivity contribution in [2.24, 2.45) is 5.73 Å². The summed E-state index contributed by atoms with van der Waals surface area (Å²) in [5.74, 6) is 5.40. The standard InChI is InChI=1S/C11H13NO3S/c1-3-4-11(12)10-7-9(16(13,14)15)6-5-8(10)2/h5-7,11H,12H2,1-2H3,(H,13,14,15). The molecule has 0 amide bonds. The summed E-state index contributed by atoms with van der Waals surface area (Å²) in [6.45, 7) is 3.46. The highest BCUT2D eigenvalue weighted by Crippen LogP contribution is 2.19. The molecule has 1 rings (SSSR count). The van der Waals surface area contributed by atoms with Crippen LogP contribution in [0, 0.1) is 18.8 Å². The van der Waals surface area contributed by atoms with Crippen LogP contribution in [0.5, 0.6) is 0 Å². The largest absolute Gasteiger partial charge is 0.314 e. The summed E-state index contributed by atoms with van der Waals surface area (Å²) in [4.78, 5) is -0.165. The number of hydrogen-bond donors (Lipinski definition) is 2. The molecule has 0 bridgehead atoms. The molecule has 0 saturated heterocycles. The Hall–Kier alpha value is -1.35. The fourth-order valence-corrected chi connectivity index (χ4v) is 1.86. The van der Waals surface area contributed by atoms with Gasteiger partial charge in [-0.3, -0.25) is 4.55 Å². The first-order chi connectivity index (χ1) is 7.36. The van der Waals surface area contributed by atoms with Crippen molar-refractivity contribution in [3.05, 3.63) is 29.3 Å². The summed E-state index contributed by atoms with van der Waals surface area (Å²) in [7, 11) is -4.19. The van der Waals surface area contributed by atoms with E-state index in [0.29, 0.717) is 5.56 Å². The number of benzene rings is 1. The van der Waals surface area contributed by atoms with Crippen molar-refractivity contribution in [3.8, 4) is 11.8 Å². The van der Waals surface area contributed by atoms with Gasteiger partial charge in [0.05, 0.1) is 10.9 Å². The third-order valence-electron chi connectivity index (χ3n) is 2.18. The molecule has 0 fully saturated rings. The molecule has 3 N–H and O–H groups in total. The van der Waals surface area contributed by atoms with Crippen LogP contribution >= 0.6 is 0 Å². The molecule has 16 heavy (non-hydrogen) atoms. The van der Waals surface area contributed by atoms with Crippen LogP contribution in [0.25, 0.3) is 0 Å². The minimum Gasteiger partial charge on any atom is -0.314 e. The summed E-state index contributed by atoms with van der Waals surface area (Å²) < 4.78 is 30.8. The molecule has 4 nitrogen and oxygen atoms in total. The Morgan fingerprint density at radius 2 is 2.06 bits per heavy atom. The zero-order chi connectivity index (χ0) is 12.3. The van der Waals surface area contributed by atoms with E-state index in [1.807, 2.05) is 0 Å². The summed E-state index contributed by atoms with van der Waals surface area (Å²) in [6.07, 6.45) is 0. The van der Waals surface area contributed by atoms with Crippen molar-refractivity contribution in [2.75, 3.05) is 0 Å². The first-order valence-electron chi connectivity index (χ1n) is 4.62. The van der Waals surface area contributed by atoms with Crippen molar-refractivity contribution < 1.29 is 13.0 Å². The molecule has 0 aliphatic heterocycles. The maximum absolute atomic E-state index is 11.0. The lowest BCUT2D eigenvalue weighted by molar-refractivity contribution is 0.483. The van der Waals surface area contributed by atoms with E-state index in [0.717, 1.165) is 5.56 Å². The molecule has 1 unspecified atom stereocenters. The average molecular weight is 239 g/mol. The van der Waals surface area contributed by atoms with Gasteiger partial charge in [-0.05, 0) is 37.1 Å². The Labute approximate surface area is 95.2 Å². The van der Waals surface area contributed by atoms with Crippen LogP contribution in [0.4, 0.5) is 0 Å². The van der Waals surface area contributed by atoms with Crippen LogP contribution in [0.15, 0.2) is 23.1 Å². The van der Waals surface area contributed by atoms with E-state index in [1.165, 1.54) is 12.1 Å². The summed E-state index contributed by atoms with van der Waals surface area (Å²) in [6, 6.07) is 3.72. The number of hydrogen-bond acceptors (Lipinski definition) is 3. The smallest absolute Gasteiger partial charge is 0.294 e. The van der Waals surface area contributed by atoms with Crippen molar-refractivity contribution in [3.63, 3.8) is 0 Å². The van der Waals surface area contributed by atoms with Gasteiger partial charge in [-0.2, -0.15) is 8.42 Å². The van der Waals surface area contributed by atoms with Gasteiger partial charge < -0.3 is 5.73 Å². The predicted octanol–water partition coefficient (Wildman–Crippen LogP) is 1.26. The quantitative estimate of drug-likeness (QED) is 0.601. The third kappa shape index (κ3) is 2.83. The Bertz CT molecular complexity index is 552. The molecule has 86 valence electrons. The minimum atomic E-state index is -4.19. The number of aryl methyl sites for hydroxylation is 1. The second-order valence-electron chi connectivity index (χ2n) is 3.37. The second-order valence-corrected chi connectivity index (χ2v) is 4.79. The van der Waals surface area contributed by atoms with E-state index >= 15 is 0 Å². The molecule has 0 saturated carbocycles. The van der Waals surface area contributed by atoms with Crippen molar-refractivity contribution in [1.29, 1.82) is 0 Å². The maximum atomic E-state index is 11.0. The molecule has 0 spiro atoms. The van der Waals surface area contributed by atoms with Crippen LogP contribution in [-0.2, 0) is 10.1 Å². The second kappa shape index (κ2) is 4.66. The lowest BCUT2D eigenvalue weighted by Crippen LogP contribution is -2.10. The van der Waals surface area contributed by atoms with Crippen molar-refractivity contribution >= 4 is 10.1 Å². The molecule has 0 aliphatic carbocycles.